The van der Waals surface area contributed by atoms with Gasteiger partial charge in [0, 0.05) is 44.9 Å². The molecule has 2 aliphatic rings. The van der Waals surface area contributed by atoms with E-state index in [2.05, 4.69) is 10.6 Å². The summed E-state index contributed by atoms with van der Waals surface area (Å²) in [6, 6.07) is 4.92. The molecule has 1 heterocycles. The molecule has 1 saturated carbocycles. The summed E-state index contributed by atoms with van der Waals surface area (Å²) in [7, 11) is 3.25. The average Bonchev–Trinajstić information content (AvgIpc) is 2.87. The number of hydrogen-bond donors (Lipinski definition) is 2. The number of hydrogen-bond acceptors (Lipinski definition) is 5. The summed E-state index contributed by atoms with van der Waals surface area (Å²) in [4.78, 5) is 24.1. The van der Waals surface area contributed by atoms with Gasteiger partial charge in [-0.1, -0.05) is 0 Å². The molecule has 1 saturated heterocycles. The quantitative estimate of drug-likeness (QED) is 0.636. The van der Waals surface area contributed by atoms with Crippen LogP contribution in [0.15, 0.2) is 18.2 Å². The van der Waals surface area contributed by atoms with Gasteiger partial charge in [0.15, 0.2) is 0 Å². The Kier molecular flexibility index (Phi) is 3.29. The van der Waals surface area contributed by atoms with E-state index in [1.54, 1.807) is 26.2 Å². The molecule has 0 aromatic heterocycles. The first-order chi connectivity index (χ1) is 9.99. The molecule has 7 heteroatoms. The number of rotatable bonds is 4. The third kappa shape index (κ3) is 2.44. The van der Waals surface area contributed by atoms with Crippen LogP contribution in [0, 0.1) is 22.0 Å². The lowest BCUT2D eigenvalue weighted by atomic mass is 10.1. The van der Waals surface area contributed by atoms with Gasteiger partial charge in [-0.3, -0.25) is 14.9 Å². The highest BCUT2D eigenvalue weighted by molar-refractivity contribution is 5.95. The first kappa shape index (κ1) is 13.8. The highest BCUT2D eigenvalue weighted by Crippen LogP contribution is 2.44. The Morgan fingerprint density at radius 3 is 2.62 bits per heavy atom. The Morgan fingerprint density at radius 2 is 2.05 bits per heavy atom. The number of nitro benzene ring substituents is 1. The van der Waals surface area contributed by atoms with E-state index in [9.17, 15) is 14.9 Å². The molecule has 2 atom stereocenters. The summed E-state index contributed by atoms with van der Waals surface area (Å²) in [6.07, 6.45) is 0. The lowest BCUT2D eigenvalue weighted by molar-refractivity contribution is -0.384. The van der Waals surface area contributed by atoms with Crippen molar-refractivity contribution in [2.45, 2.75) is 6.04 Å². The minimum atomic E-state index is -0.439. The number of nitro groups is 1. The van der Waals surface area contributed by atoms with Crippen LogP contribution in [0.2, 0.25) is 0 Å². The van der Waals surface area contributed by atoms with Crippen molar-refractivity contribution >= 4 is 17.3 Å². The molecule has 1 aromatic rings. The predicted octanol–water partition coefficient (Wildman–Crippen LogP) is 0.926. The Morgan fingerprint density at radius 1 is 1.38 bits per heavy atom. The van der Waals surface area contributed by atoms with Crippen LogP contribution < -0.4 is 10.6 Å². The van der Waals surface area contributed by atoms with Crippen LogP contribution in [-0.4, -0.2) is 49.0 Å². The second-order valence-corrected chi connectivity index (χ2v) is 5.84. The molecule has 0 spiro atoms. The summed E-state index contributed by atoms with van der Waals surface area (Å²) in [5.41, 5.74) is 0.783. The number of fused-ring (bicyclic) bond motifs is 1. The maximum Gasteiger partial charge on any atom is 0.293 e. The van der Waals surface area contributed by atoms with Crippen molar-refractivity contribution in [3.8, 4) is 0 Å². The maximum absolute atomic E-state index is 11.9. The van der Waals surface area contributed by atoms with Gasteiger partial charge >= 0.3 is 0 Å². The lowest BCUT2D eigenvalue weighted by Gasteiger charge is -2.13. The van der Waals surface area contributed by atoms with Gasteiger partial charge in [-0.05, 0) is 24.0 Å². The highest BCUT2D eigenvalue weighted by atomic mass is 16.6. The van der Waals surface area contributed by atoms with Gasteiger partial charge in [0.25, 0.3) is 11.6 Å². The van der Waals surface area contributed by atoms with E-state index >= 15 is 0 Å². The Labute approximate surface area is 122 Å². The van der Waals surface area contributed by atoms with Crippen molar-refractivity contribution in [2.75, 3.05) is 32.5 Å². The third-order valence-corrected chi connectivity index (χ3v) is 4.26. The summed E-state index contributed by atoms with van der Waals surface area (Å²) in [5.74, 6) is 0.887. The molecule has 3 rings (SSSR count). The van der Waals surface area contributed by atoms with E-state index in [0.29, 0.717) is 29.1 Å². The van der Waals surface area contributed by atoms with Crippen LogP contribution in [0.25, 0.3) is 0 Å². The zero-order valence-electron chi connectivity index (χ0n) is 12.0. The second-order valence-electron chi connectivity index (χ2n) is 5.84. The first-order valence-corrected chi connectivity index (χ1v) is 6.96. The molecule has 112 valence electrons. The molecule has 0 bridgehead atoms. The van der Waals surface area contributed by atoms with Gasteiger partial charge in [0.1, 0.15) is 5.69 Å². The predicted molar refractivity (Wildman–Crippen MR) is 78.4 cm³/mol. The number of nitrogens with zero attached hydrogens (tertiary/aromatic N) is 2. The molecule has 2 unspecified atom stereocenters. The summed E-state index contributed by atoms with van der Waals surface area (Å²) < 4.78 is 0. The number of amides is 1. The number of carbonyl (C=O) groups excluding carboxylic acids is 1. The van der Waals surface area contributed by atoms with Crippen LogP contribution in [0.1, 0.15) is 10.4 Å². The minimum Gasteiger partial charge on any atom is -0.376 e. The second kappa shape index (κ2) is 5.00. The summed E-state index contributed by atoms with van der Waals surface area (Å²) >= 11 is 0. The van der Waals surface area contributed by atoms with E-state index in [-0.39, 0.29) is 11.6 Å². The SMILES string of the molecule is CN(C)C(=O)c1ccc(NC2C3CNCC32)c([N+](=O)[O-])c1. The molecule has 1 aromatic carbocycles. The number of carbonyl (C=O) groups is 1. The van der Waals surface area contributed by atoms with Crippen molar-refractivity contribution in [1.82, 2.24) is 10.2 Å². The Balaban J connectivity index is 1.83. The zero-order valence-corrected chi connectivity index (χ0v) is 12.0. The Bertz CT molecular complexity index is 592. The number of anilines is 1. The van der Waals surface area contributed by atoms with Gasteiger partial charge in [0.2, 0.25) is 0 Å². The zero-order chi connectivity index (χ0) is 15.1. The van der Waals surface area contributed by atoms with Gasteiger partial charge < -0.3 is 15.5 Å². The lowest BCUT2D eigenvalue weighted by Crippen LogP contribution is -2.23. The molecule has 1 aliphatic carbocycles. The fourth-order valence-electron chi connectivity index (χ4n) is 3.01. The number of nitrogens with one attached hydrogen (secondary N) is 2. The van der Waals surface area contributed by atoms with Crippen molar-refractivity contribution < 1.29 is 9.72 Å². The first-order valence-electron chi connectivity index (χ1n) is 6.96. The Hall–Kier alpha value is -2.15. The van der Waals surface area contributed by atoms with E-state index in [1.807, 2.05) is 0 Å². The van der Waals surface area contributed by atoms with Crippen molar-refractivity contribution in [3.05, 3.63) is 33.9 Å². The van der Waals surface area contributed by atoms with Crippen LogP contribution in [-0.2, 0) is 0 Å². The standard InChI is InChI=1S/C14H18N4O3/c1-17(2)14(19)8-3-4-11(12(5-8)18(20)21)16-13-9-6-15-7-10(9)13/h3-5,9-10,13,15-16H,6-7H2,1-2H3. The monoisotopic (exact) mass is 290 g/mol. The highest BCUT2D eigenvalue weighted by Gasteiger charge is 2.53. The van der Waals surface area contributed by atoms with Gasteiger partial charge in [-0.15, -0.1) is 0 Å². The molecule has 7 nitrogen and oxygen atoms in total. The fraction of sp³-hybridized carbons (Fsp3) is 0.500. The molecule has 2 fully saturated rings. The molecule has 1 aliphatic heterocycles. The molecule has 0 radical (unpaired) electrons. The minimum absolute atomic E-state index is 0.0411. The summed E-state index contributed by atoms with van der Waals surface area (Å²) in [6.45, 7) is 1.93. The van der Waals surface area contributed by atoms with Crippen LogP contribution in [0.4, 0.5) is 11.4 Å². The smallest absolute Gasteiger partial charge is 0.293 e. The topological polar surface area (TPSA) is 87.5 Å². The van der Waals surface area contributed by atoms with Gasteiger partial charge in [0.05, 0.1) is 4.92 Å². The normalized spacial score (nSPS) is 26.1. The fourth-order valence-corrected chi connectivity index (χ4v) is 3.01. The number of benzene rings is 1. The third-order valence-electron chi connectivity index (χ3n) is 4.26. The average molecular weight is 290 g/mol. The van der Waals surface area contributed by atoms with Gasteiger partial charge in [-0.2, -0.15) is 0 Å². The maximum atomic E-state index is 11.9. The van der Waals surface area contributed by atoms with Crippen molar-refractivity contribution in [2.24, 2.45) is 11.8 Å². The van der Waals surface area contributed by atoms with E-state index in [0.717, 1.165) is 13.1 Å². The number of piperidine rings is 1. The van der Waals surface area contributed by atoms with E-state index in [4.69, 9.17) is 0 Å². The van der Waals surface area contributed by atoms with Crippen molar-refractivity contribution in [3.63, 3.8) is 0 Å². The van der Waals surface area contributed by atoms with E-state index in [1.165, 1.54) is 11.0 Å². The molecular weight excluding hydrogens is 272 g/mol. The van der Waals surface area contributed by atoms with E-state index < -0.39 is 4.92 Å². The molecule has 2 N–H and O–H groups in total. The molecular formula is C14H18N4O3. The van der Waals surface area contributed by atoms with Crippen molar-refractivity contribution in [1.29, 1.82) is 0 Å². The largest absolute Gasteiger partial charge is 0.376 e. The van der Waals surface area contributed by atoms with Crippen LogP contribution in [0.5, 0.6) is 0 Å². The molecule has 21 heavy (non-hydrogen) atoms. The van der Waals surface area contributed by atoms with Crippen LogP contribution in [0.3, 0.4) is 0 Å². The molecule has 1 amide bonds. The van der Waals surface area contributed by atoms with Crippen LogP contribution >= 0.6 is 0 Å². The summed E-state index contributed by atoms with van der Waals surface area (Å²) in [5, 5.41) is 17.8. The van der Waals surface area contributed by atoms with Gasteiger partial charge in [-0.25, -0.2) is 0 Å².